The number of aryl methyl sites for hydroxylation is 1. The standard InChI is InChI=1S/C33H30Cl2N2O8/c1-3-4-9-37-31(24-13-25(34)26(35)14-28(24)43-17-19-7-5-6-8-23(19)33(40)41)22(16-36-37)11-21(32(38)39)10-20-12-29-30(45-18-44-29)15-27(20)42-2/h5-8,11-16H,3-4,9-10,17-18H2,1-2H3,(H,38,39)(H,40,41)/b21-11+. The molecule has 0 aliphatic carbocycles. The summed E-state index contributed by atoms with van der Waals surface area (Å²) >= 11 is 12.9. The Balaban J connectivity index is 1.59. The van der Waals surface area contributed by atoms with Gasteiger partial charge in [-0.2, -0.15) is 5.10 Å². The van der Waals surface area contributed by atoms with Crippen molar-refractivity contribution in [1.29, 1.82) is 0 Å². The number of hydrogen-bond acceptors (Lipinski definition) is 7. The van der Waals surface area contributed by atoms with Gasteiger partial charge in [-0.25, -0.2) is 9.59 Å². The van der Waals surface area contributed by atoms with Gasteiger partial charge in [-0.15, -0.1) is 0 Å². The number of ether oxygens (including phenoxy) is 4. The Morgan fingerprint density at radius 2 is 1.76 bits per heavy atom. The van der Waals surface area contributed by atoms with Gasteiger partial charge < -0.3 is 29.2 Å². The van der Waals surface area contributed by atoms with E-state index in [0.717, 1.165) is 12.8 Å². The molecule has 0 fully saturated rings. The first-order valence-electron chi connectivity index (χ1n) is 14.1. The molecule has 0 radical (unpaired) electrons. The van der Waals surface area contributed by atoms with Gasteiger partial charge in [-0.05, 0) is 30.7 Å². The minimum absolute atomic E-state index is 0.0193. The van der Waals surface area contributed by atoms with Gasteiger partial charge in [0.2, 0.25) is 6.79 Å². The first-order chi connectivity index (χ1) is 21.7. The van der Waals surface area contributed by atoms with Crippen molar-refractivity contribution >= 4 is 41.2 Å². The fourth-order valence-corrected chi connectivity index (χ4v) is 5.31. The zero-order valence-corrected chi connectivity index (χ0v) is 26.0. The van der Waals surface area contributed by atoms with Crippen molar-refractivity contribution in [1.82, 2.24) is 9.78 Å². The lowest BCUT2D eigenvalue weighted by Crippen LogP contribution is -2.08. The van der Waals surface area contributed by atoms with E-state index in [-0.39, 0.29) is 41.0 Å². The van der Waals surface area contributed by atoms with Gasteiger partial charge in [-0.1, -0.05) is 54.7 Å². The molecule has 12 heteroatoms. The third-order valence-corrected chi connectivity index (χ3v) is 7.98. The number of aromatic carboxylic acids is 1. The quantitative estimate of drug-likeness (QED) is 0.142. The smallest absolute Gasteiger partial charge is 0.336 e. The maximum Gasteiger partial charge on any atom is 0.336 e. The van der Waals surface area contributed by atoms with Gasteiger partial charge in [0.1, 0.15) is 18.1 Å². The number of halogens is 2. The first kappa shape index (κ1) is 31.7. The lowest BCUT2D eigenvalue weighted by Gasteiger charge is -2.17. The Hall–Kier alpha value is -4.67. The van der Waals surface area contributed by atoms with Crippen LogP contribution < -0.4 is 18.9 Å². The lowest BCUT2D eigenvalue weighted by atomic mass is 9.99. The number of carboxylic acid groups (broad SMARTS) is 2. The van der Waals surface area contributed by atoms with E-state index in [9.17, 15) is 19.8 Å². The van der Waals surface area contributed by atoms with E-state index < -0.39 is 11.9 Å². The summed E-state index contributed by atoms with van der Waals surface area (Å²) in [7, 11) is 1.50. The van der Waals surface area contributed by atoms with Gasteiger partial charge in [-0.3, -0.25) is 4.68 Å². The molecule has 2 N–H and O–H groups in total. The Bertz CT molecular complexity index is 1780. The molecule has 1 aliphatic heterocycles. The Kier molecular flexibility index (Phi) is 9.85. The third kappa shape index (κ3) is 7.02. The largest absolute Gasteiger partial charge is 0.496 e. The van der Waals surface area contributed by atoms with Crippen molar-refractivity contribution in [2.75, 3.05) is 13.9 Å². The van der Waals surface area contributed by atoms with E-state index in [1.165, 1.54) is 13.2 Å². The minimum atomic E-state index is -1.13. The number of hydrogen-bond donors (Lipinski definition) is 2. The predicted octanol–water partition coefficient (Wildman–Crippen LogP) is 7.38. The monoisotopic (exact) mass is 652 g/mol. The number of unbranched alkanes of at least 4 members (excludes halogenated alkanes) is 1. The van der Waals surface area contributed by atoms with Crippen molar-refractivity contribution in [3.63, 3.8) is 0 Å². The van der Waals surface area contributed by atoms with Gasteiger partial charge in [0.15, 0.2) is 11.5 Å². The molecule has 0 spiro atoms. The van der Waals surface area contributed by atoms with Crippen LogP contribution in [0.25, 0.3) is 17.3 Å². The summed E-state index contributed by atoms with van der Waals surface area (Å²) < 4.78 is 24.4. The van der Waals surface area contributed by atoms with Crippen molar-refractivity contribution in [2.24, 2.45) is 0 Å². The Labute approximate surface area is 269 Å². The molecule has 0 bridgehead atoms. The summed E-state index contributed by atoms with van der Waals surface area (Å²) in [5.41, 5.74) is 2.85. The first-order valence-corrected chi connectivity index (χ1v) is 14.8. The minimum Gasteiger partial charge on any atom is -0.496 e. The van der Waals surface area contributed by atoms with Crippen molar-refractivity contribution in [3.05, 3.63) is 92.6 Å². The van der Waals surface area contributed by atoms with Crippen molar-refractivity contribution < 1.29 is 38.7 Å². The fraction of sp³-hybridized carbons (Fsp3) is 0.242. The maximum absolute atomic E-state index is 12.6. The van der Waals surface area contributed by atoms with E-state index in [4.69, 9.17) is 42.1 Å². The molecular weight excluding hydrogens is 623 g/mol. The maximum atomic E-state index is 12.6. The second-order valence-electron chi connectivity index (χ2n) is 10.2. The van der Waals surface area contributed by atoms with Crippen LogP contribution in [0.3, 0.4) is 0 Å². The molecule has 0 atom stereocenters. The topological polar surface area (TPSA) is 129 Å². The van der Waals surface area contributed by atoms with E-state index in [1.807, 2.05) is 0 Å². The van der Waals surface area contributed by atoms with Gasteiger partial charge in [0, 0.05) is 52.9 Å². The summed E-state index contributed by atoms with van der Waals surface area (Å²) in [6.45, 7) is 2.60. The number of rotatable bonds is 13. The number of aromatic nitrogens is 2. The van der Waals surface area contributed by atoms with Crippen LogP contribution in [0.1, 0.15) is 46.8 Å². The van der Waals surface area contributed by atoms with Gasteiger partial charge >= 0.3 is 11.9 Å². The summed E-state index contributed by atoms with van der Waals surface area (Å²) in [5.74, 6) is -0.384. The fourth-order valence-electron chi connectivity index (χ4n) is 5.00. The van der Waals surface area contributed by atoms with Crippen LogP contribution >= 0.6 is 23.2 Å². The average molecular weight is 654 g/mol. The molecule has 0 saturated carbocycles. The number of carbonyl (C=O) groups is 2. The van der Waals surface area contributed by atoms with Crippen LogP contribution in [0, 0.1) is 0 Å². The third-order valence-electron chi connectivity index (χ3n) is 7.26. The van der Waals surface area contributed by atoms with Crippen LogP contribution in [0.5, 0.6) is 23.0 Å². The average Bonchev–Trinajstić information content (AvgIpc) is 3.65. The highest BCUT2D eigenvalue weighted by molar-refractivity contribution is 6.42. The summed E-state index contributed by atoms with van der Waals surface area (Å²) in [6.07, 6.45) is 4.87. The van der Waals surface area contributed by atoms with E-state index in [1.54, 1.807) is 59.4 Å². The Morgan fingerprint density at radius 3 is 2.47 bits per heavy atom. The van der Waals surface area contributed by atoms with Crippen LogP contribution in [0.15, 0.2) is 60.3 Å². The summed E-state index contributed by atoms with van der Waals surface area (Å²) in [6, 6.07) is 13.1. The number of methoxy groups -OCH3 is 1. The molecule has 4 aromatic rings. The second-order valence-corrected chi connectivity index (χ2v) is 11.0. The number of aliphatic carboxylic acids is 1. The molecule has 0 unspecified atom stereocenters. The van der Waals surface area contributed by atoms with Crippen LogP contribution in [0.4, 0.5) is 0 Å². The number of benzene rings is 3. The molecule has 1 aromatic heterocycles. The molecular formula is C33H30Cl2N2O8. The predicted molar refractivity (Wildman–Crippen MR) is 169 cm³/mol. The highest BCUT2D eigenvalue weighted by Gasteiger charge is 2.23. The summed E-state index contributed by atoms with van der Waals surface area (Å²) in [5, 5.41) is 25.0. The second kappa shape index (κ2) is 14.0. The number of nitrogens with zero attached hydrogens (tertiary/aromatic N) is 2. The highest BCUT2D eigenvalue weighted by atomic mass is 35.5. The molecule has 234 valence electrons. The number of fused-ring (bicyclic) bond motifs is 1. The lowest BCUT2D eigenvalue weighted by molar-refractivity contribution is -0.132. The molecule has 0 saturated heterocycles. The van der Waals surface area contributed by atoms with Gasteiger partial charge in [0.25, 0.3) is 0 Å². The molecule has 10 nitrogen and oxygen atoms in total. The van der Waals surface area contributed by atoms with Crippen molar-refractivity contribution in [2.45, 2.75) is 39.3 Å². The summed E-state index contributed by atoms with van der Waals surface area (Å²) in [4.78, 5) is 24.4. The molecule has 3 aromatic carbocycles. The van der Waals surface area contributed by atoms with Gasteiger partial charge in [0.05, 0.1) is 34.6 Å². The molecule has 1 aliphatic rings. The van der Waals surface area contributed by atoms with Crippen LogP contribution in [-0.4, -0.2) is 45.8 Å². The SMILES string of the molecule is CCCCn1ncc(/C=C(\Cc2cc3c(cc2OC)OCO3)C(=O)O)c1-c1cc(Cl)c(Cl)cc1OCc1ccccc1C(=O)O. The molecule has 5 rings (SSSR count). The van der Waals surface area contributed by atoms with E-state index in [0.29, 0.717) is 57.5 Å². The Morgan fingerprint density at radius 1 is 1.02 bits per heavy atom. The van der Waals surface area contributed by atoms with Crippen LogP contribution in [0.2, 0.25) is 10.0 Å². The normalized spacial score (nSPS) is 12.3. The molecule has 2 heterocycles. The zero-order valence-electron chi connectivity index (χ0n) is 24.5. The molecule has 45 heavy (non-hydrogen) atoms. The highest BCUT2D eigenvalue weighted by Crippen LogP contribution is 2.41. The zero-order chi connectivity index (χ0) is 32.1. The van der Waals surface area contributed by atoms with E-state index in [2.05, 4.69) is 12.0 Å². The van der Waals surface area contributed by atoms with Crippen molar-refractivity contribution in [3.8, 4) is 34.3 Å². The van der Waals surface area contributed by atoms with E-state index >= 15 is 0 Å². The molecule has 0 amide bonds. The number of carboxylic acids is 2. The van der Waals surface area contributed by atoms with Crippen LogP contribution in [-0.2, 0) is 24.4 Å².